The summed E-state index contributed by atoms with van der Waals surface area (Å²) in [5, 5.41) is 0.267. The Bertz CT molecular complexity index is 280. The Morgan fingerprint density at radius 1 is 1.38 bits per heavy atom. The molecule has 0 N–H and O–H groups in total. The van der Waals surface area contributed by atoms with E-state index in [9.17, 15) is 0 Å². The zero-order valence-corrected chi connectivity index (χ0v) is 14.7. The molecule has 1 fully saturated rings. The van der Waals surface area contributed by atoms with E-state index in [1.54, 1.807) is 0 Å². The molecule has 2 atom stereocenters. The van der Waals surface area contributed by atoms with Gasteiger partial charge in [0.25, 0.3) is 0 Å². The predicted octanol–water partition coefficient (Wildman–Crippen LogP) is 4.41. The van der Waals surface area contributed by atoms with Gasteiger partial charge in [0.15, 0.2) is 8.32 Å². The topological polar surface area (TPSA) is 21.8 Å². The summed E-state index contributed by atoms with van der Waals surface area (Å²) in [7, 11) is -1.62. The first-order valence-corrected chi connectivity index (χ1v) is 9.95. The monoisotopic (exact) mass is 370 g/mol. The molecule has 94 valence electrons. The van der Waals surface area contributed by atoms with Crippen LogP contribution in [0.2, 0.25) is 18.1 Å². The van der Waals surface area contributed by atoms with E-state index in [2.05, 4.69) is 65.7 Å². The molecule has 0 aromatic carbocycles. The maximum Gasteiger partial charge on any atom is 0.192 e. The summed E-state index contributed by atoms with van der Waals surface area (Å²) in [6.45, 7) is 12.0. The lowest BCUT2D eigenvalue weighted by Crippen LogP contribution is -2.41. The van der Waals surface area contributed by atoms with Crippen LogP contribution in [0.1, 0.15) is 20.8 Å². The Morgan fingerprint density at radius 3 is 2.38 bits per heavy atom. The molecule has 16 heavy (non-hydrogen) atoms. The lowest BCUT2D eigenvalue weighted by Gasteiger charge is -2.35. The van der Waals surface area contributed by atoms with Gasteiger partial charge in [-0.15, -0.1) is 0 Å². The largest absolute Gasteiger partial charge is 0.414 e. The van der Waals surface area contributed by atoms with Crippen molar-refractivity contribution in [1.29, 1.82) is 0 Å². The van der Waals surface area contributed by atoms with Crippen LogP contribution in [-0.4, -0.2) is 27.1 Å². The minimum Gasteiger partial charge on any atom is -0.414 e. The van der Waals surface area contributed by atoms with Crippen LogP contribution in [0.5, 0.6) is 0 Å². The average molecular weight is 372 g/mol. The van der Waals surface area contributed by atoms with Gasteiger partial charge in [0.2, 0.25) is 0 Å². The van der Waals surface area contributed by atoms with E-state index in [0.29, 0.717) is 6.61 Å². The van der Waals surface area contributed by atoms with Gasteiger partial charge < -0.3 is 9.16 Å². The highest BCUT2D eigenvalue weighted by atomic mass is 79.9. The molecule has 2 unspecified atom stereocenters. The summed E-state index contributed by atoms with van der Waals surface area (Å²) in [5.41, 5.74) is 0. The van der Waals surface area contributed by atoms with E-state index in [-0.39, 0.29) is 17.2 Å². The molecule has 0 bridgehead atoms. The van der Waals surface area contributed by atoms with E-state index in [4.69, 9.17) is 9.16 Å². The minimum atomic E-state index is -1.62. The highest BCUT2D eigenvalue weighted by Gasteiger charge is 2.42. The van der Waals surface area contributed by atoms with Crippen molar-refractivity contribution in [2.75, 3.05) is 6.61 Å². The molecule has 0 aliphatic carbocycles. The second-order valence-electron chi connectivity index (χ2n) is 5.67. The molecule has 0 aromatic heterocycles. The second kappa shape index (κ2) is 5.22. The van der Waals surface area contributed by atoms with Gasteiger partial charge in [-0.25, -0.2) is 0 Å². The Labute approximate surface area is 116 Å². The number of hydrogen-bond donors (Lipinski definition) is 0. The van der Waals surface area contributed by atoms with Crippen LogP contribution < -0.4 is 0 Å². The first kappa shape index (κ1) is 14.9. The first-order valence-electron chi connectivity index (χ1n) is 5.46. The summed E-state index contributed by atoms with van der Waals surface area (Å²) in [4.78, 5) is 0. The number of ether oxygens (including phenoxy) is 1. The molecule has 1 saturated heterocycles. The quantitative estimate of drug-likeness (QED) is 0.539. The van der Waals surface area contributed by atoms with Crippen molar-refractivity contribution in [3.8, 4) is 0 Å². The molecule has 0 aromatic rings. The highest BCUT2D eigenvalue weighted by Crippen LogP contribution is 2.38. The molecule has 1 aliphatic rings. The molecule has 1 heterocycles. The molecular formula is C11H20Br2O2Si. The van der Waals surface area contributed by atoms with Gasteiger partial charge >= 0.3 is 0 Å². The van der Waals surface area contributed by atoms with Crippen molar-refractivity contribution in [3.63, 3.8) is 0 Å². The summed E-state index contributed by atoms with van der Waals surface area (Å²) in [5.74, 6) is 0. The third-order valence-electron chi connectivity index (χ3n) is 3.33. The Balaban J connectivity index is 2.35. The molecule has 0 amide bonds. The van der Waals surface area contributed by atoms with E-state index in [1.165, 1.54) is 0 Å². The maximum absolute atomic E-state index is 6.08. The minimum absolute atomic E-state index is 0.207. The fourth-order valence-corrected chi connectivity index (χ4v) is 2.60. The predicted molar refractivity (Wildman–Crippen MR) is 77.7 cm³/mol. The van der Waals surface area contributed by atoms with Crippen LogP contribution in [0.3, 0.4) is 0 Å². The van der Waals surface area contributed by atoms with E-state index < -0.39 is 8.32 Å². The second-order valence-corrected chi connectivity index (χ2v) is 13.2. The molecular weight excluding hydrogens is 352 g/mol. The van der Waals surface area contributed by atoms with Crippen molar-refractivity contribution in [1.82, 2.24) is 0 Å². The van der Waals surface area contributed by atoms with Crippen LogP contribution in [0.4, 0.5) is 0 Å². The number of rotatable bonds is 4. The van der Waals surface area contributed by atoms with Crippen LogP contribution >= 0.6 is 31.9 Å². The summed E-state index contributed by atoms with van der Waals surface area (Å²) in [6, 6.07) is 0. The SMILES string of the molecule is CC(C)(C)[Si](C)(C)OCC1OC1C=C(Br)Br. The van der Waals surface area contributed by atoms with Gasteiger partial charge in [-0.2, -0.15) is 0 Å². The van der Waals surface area contributed by atoms with Crippen LogP contribution in [0, 0.1) is 0 Å². The first-order chi connectivity index (χ1) is 7.13. The third-order valence-corrected chi connectivity index (χ3v) is 8.36. The lowest BCUT2D eigenvalue weighted by atomic mass is 10.2. The Hall–Kier alpha value is 0.837. The van der Waals surface area contributed by atoms with Gasteiger partial charge in [-0.05, 0) is 56.1 Å². The van der Waals surface area contributed by atoms with E-state index in [1.807, 2.05) is 6.08 Å². The molecule has 2 nitrogen and oxygen atoms in total. The van der Waals surface area contributed by atoms with Crippen molar-refractivity contribution >= 4 is 40.2 Å². The van der Waals surface area contributed by atoms with Crippen LogP contribution in [0.25, 0.3) is 0 Å². The molecule has 5 heteroatoms. The van der Waals surface area contributed by atoms with Crippen molar-refractivity contribution in [2.45, 2.75) is 51.1 Å². The highest BCUT2D eigenvalue weighted by molar-refractivity contribution is 9.28. The van der Waals surface area contributed by atoms with E-state index >= 15 is 0 Å². The van der Waals surface area contributed by atoms with Gasteiger partial charge in [0.05, 0.1) is 10.00 Å². The molecule has 0 saturated carbocycles. The maximum atomic E-state index is 6.08. The third kappa shape index (κ3) is 4.26. The van der Waals surface area contributed by atoms with Crippen LogP contribution in [0.15, 0.2) is 9.47 Å². The fraction of sp³-hybridized carbons (Fsp3) is 0.818. The normalized spacial score (nSPS) is 25.4. The van der Waals surface area contributed by atoms with Crippen LogP contribution in [-0.2, 0) is 9.16 Å². The summed E-state index contributed by atoms with van der Waals surface area (Å²) >= 11 is 6.66. The molecule has 1 aliphatic heterocycles. The number of epoxide rings is 1. The standard InChI is InChI=1S/C11H20Br2O2Si/c1-11(2,3)16(4,5)14-7-9-8(15-9)6-10(12)13/h6,8-9H,7H2,1-5H3. The van der Waals surface area contributed by atoms with Gasteiger partial charge in [-0.3, -0.25) is 0 Å². The fourth-order valence-electron chi connectivity index (χ4n) is 1.07. The van der Waals surface area contributed by atoms with Gasteiger partial charge in [0, 0.05) is 0 Å². The molecule has 0 radical (unpaired) electrons. The number of hydrogen-bond acceptors (Lipinski definition) is 2. The summed E-state index contributed by atoms with van der Waals surface area (Å²) < 4.78 is 12.5. The van der Waals surface area contributed by atoms with Gasteiger partial charge in [-0.1, -0.05) is 20.8 Å². The van der Waals surface area contributed by atoms with Crippen molar-refractivity contribution in [3.05, 3.63) is 9.47 Å². The van der Waals surface area contributed by atoms with Crippen molar-refractivity contribution < 1.29 is 9.16 Å². The van der Waals surface area contributed by atoms with E-state index in [0.717, 1.165) is 3.39 Å². The lowest BCUT2D eigenvalue weighted by molar-refractivity contribution is 0.242. The van der Waals surface area contributed by atoms with Gasteiger partial charge in [0.1, 0.15) is 12.2 Å². The average Bonchev–Trinajstić information content (AvgIpc) is 2.77. The van der Waals surface area contributed by atoms with Crippen molar-refractivity contribution in [2.24, 2.45) is 0 Å². The zero-order valence-electron chi connectivity index (χ0n) is 10.5. The smallest absolute Gasteiger partial charge is 0.192 e. The molecule has 0 spiro atoms. The number of halogens is 2. The Morgan fingerprint density at radius 2 is 1.94 bits per heavy atom. The summed E-state index contributed by atoms with van der Waals surface area (Å²) in [6.07, 6.45) is 2.46. The zero-order chi connectivity index (χ0) is 12.6. The molecule has 1 rings (SSSR count). The Kier molecular flexibility index (Phi) is 4.86.